The highest BCUT2D eigenvalue weighted by Crippen LogP contribution is 2.26. The molecule has 1 rings (SSSR count). The quantitative estimate of drug-likeness (QED) is 0.633. The number of hydrogen-bond donors (Lipinski definition) is 3. The lowest BCUT2D eigenvalue weighted by Crippen LogP contribution is -2.19. The van der Waals surface area contributed by atoms with Crippen molar-refractivity contribution in [2.75, 3.05) is 29.5 Å². The van der Waals surface area contributed by atoms with Gasteiger partial charge < -0.3 is 10.6 Å². The summed E-state index contributed by atoms with van der Waals surface area (Å²) in [6, 6.07) is 0. The van der Waals surface area contributed by atoms with E-state index in [1.165, 1.54) is 6.33 Å². The minimum absolute atomic E-state index is 0.0528. The molecule has 1 aromatic heterocycles. The molecule has 0 aliphatic carbocycles. The summed E-state index contributed by atoms with van der Waals surface area (Å²) in [5, 5.41) is 11.0. The molecule has 9 heteroatoms. The van der Waals surface area contributed by atoms with Gasteiger partial charge in [-0.05, 0) is 29.3 Å². The molecule has 102 valence electrons. The molecule has 18 heavy (non-hydrogen) atoms. The Hall–Kier alpha value is -0.930. The highest BCUT2D eigenvalue weighted by molar-refractivity contribution is 9.10. The summed E-state index contributed by atoms with van der Waals surface area (Å²) in [5.41, 5.74) is 0. The van der Waals surface area contributed by atoms with Crippen molar-refractivity contribution < 1.29 is 8.42 Å². The fourth-order valence-corrected chi connectivity index (χ4v) is 2.30. The molecular weight excluding hydrogens is 322 g/mol. The van der Waals surface area contributed by atoms with Gasteiger partial charge in [-0.3, -0.25) is 0 Å². The average molecular weight is 338 g/mol. The van der Waals surface area contributed by atoms with Crippen LogP contribution in [0.25, 0.3) is 0 Å². The predicted octanol–water partition coefficient (Wildman–Crippen LogP) is 0.761. The Morgan fingerprint density at radius 1 is 1.33 bits per heavy atom. The van der Waals surface area contributed by atoms with Crippen molar-refractivity contribution in [3.05, 3.63) is 10.8 Å². The largest absolute Gasteiger partial charge is 0.369 e. The van der Waals surface area contributed by atoms with E-state index >= 15 is 0 Å². The van der Waals surface area contributed by atoms with Gasteiger partial charge in [-0.15, -0.1) is 0 Å². The van der Waals surface area contributed by atoms with Crippen molar-refractivity contribution in [2.45, 2.75) is 13.3 Å². The number of halogens is 1. The highest BCUT2D eigenvalue weighted by atomic mass is 79.9. The molecular formula is C9H16BrN5O2S. The standard InChI is InChI=1S/C9H16BrN5O2S/c1-2-12-8-7(10)9(15-6-14-8)13-4-3-5-18(11,16)17/h6H,2-5H2,1H3,(H2,11,16,17)(H2,12,13,14,15). The predicted molar refractivity (Wildman–Crippen MR) is 75.0 cm³/mol. The van der Waals surface area contributed by atoms with Crippen LogP contribution in [-0.2, 0) is 10.0 Å². The molecule has 0 aromatic carbocycles. The van der Waals surface area contributed by atoms with Crippen LogP contribution in [0.4, 0.5) is 11.6 Å². The van der Waals surface area contributed by atoms with Gasteiger partial charge in [0.25, 0.3) is 0 Å². The second kappa shape index (κ2) is 6.86. The second-order valence-corrected chi connectivity index (χ2v) is 6.09. The smallest absolute Gasteiger partial charge is 0.209 e. The number of hydrogen-bond acceptors (Lipinski definition) is 6. The number of aromatic nitrogens is 2. The summed E-state index contributed by atoms with van der Waals surface area (Å²) in [6.45, 7) is 3.19. The van der Waals surface area contributed by atoms with Gasteiger partial charge in [0.05, 0.1) is 5.75 Å². The third-order valence-corrected chi connectivity index (χ3v) is 3.64. The Labute approximate surface area is 115 Å². The molecule has 0 fully saturated rings. The van der Waals surface area contributed by atoms with Gasteiger partial charge in [0.15, 0.2) is 0 Å². The van der Waals surface area contributed by atoms with Crippen LogP contribution in [0.5, 0.6) is 0 Å². The number of nitrogens with two attached hydrogens (primary N) is 1. The number of anilines is 2. The SMILES string of the molecule is CCNc1ncnc(NCCCS(N)(=O)=O)c1Br. The van der Waals surface area contributed by atoms with Gasteiger partial charge in [-0.2, -0.15) is 0 Å². The number of nitrogens with one attached hydrogen (secondary N) is 2. The summed E-state index contributed by atoms with van der Waals surface area (Å²) >= 11 is 3.38. The fraction of sp³-hybridized carbons (Fsp3) is 0.556. The van der Waals surface area contributed by atoms with E-state index in [9.17, 15) is 8.42 Å². The van der Waals surface area contributed by atoms with Crippen molar-refractivity contribution >= 4 is 37.6 Å². The summed E-state index contributed by atoms with van der Waals surface area (Å²) < 4.78 is 22.2. The number of rotatable bonds is 7. The van der Waals surface area contributed by atoms with Crippen molar-refractivity contribution in [2.24, 2.45) is 5.14 Å². The Morgan fingerprint density at radius 3 is 2.50 bits per heavy atom. The van der Waals surface area contributed by atoms with Crippen LogP contribution in [-0.4, -0.2) is 37.2 Å². The summed E-state index contributed by atoms with van der Waals surface area (Å²) in [7, 11) is -3.40. The molecule has 4 N–H and O–H groups in total. The molecule has 0 saturated heterocycles. The third kappa shape index (κ3) is 5.15. The molecule has 0 bridgehead atoms. The Kier molecular flexibility index (Phi) is 5.76. The van der Waals surface area contributed by atoms with Gasteiger partial charge in [-0.1, -0.05) is 0 Å². The molecule has 0 aliphatic rings. The highest BCUT2D eigenvalue weighted by Gasteiger charge is 2.08. The van der Waals surface area contributed by atoms with Gasteiger partial charge in [0.2, 0.25) is 10.0 Å². The van der Waals surface area contributed by atoms with Crippen molar-refractivity contribution in [3.63, 3.8) is 0 Å². The van der Waals surface area contributed by atoms with E-state index in [0.717, 1.165) is 11.0 Å². The number of nitrogens with zero attached hydrogens (tertiary/aromatic N) is 2. The van der Waals surface area contributed by atoms with Gasteiger partial charge in [-0.25, -0.2) is 23.5 Å². The minimum atomic E-state index is -3.40. The maximum Gasteiger partial charge on any atom is 0.209 e. The first-order chi connectivity index (χ1) is 8.44. The molecule has 1 aromatic rings. The van der Waals surface area contributed by atoms with Crippen LogP contribution >= 0.6 is 15.9 Å². The zero-order chi connectivity index (χ0) is 13.6. The molecule has 7 nitrogen and oxygen atoms in total. The third-order valence-electron chi connectivity index (χ3n) is 2.03. The summed E-state index contributed by atoms with van der Waals surface area (Å²) in [4.78, 5) is 8.14. The van der Waals surface area contributed by atoms with Crippen LogP contribution in [0.15, 0.2) is 10.8 Å². The van der Waals surface area contributed by atoms with Crippen LogP contribution < -0.4 is 15.8 Å². The van der Waals surface area contributed by atoms with E-state index in [4.69, 9.17) is 5.14 Å². The van der Waals surface area contributed by atoms with Crippen molar-refractivity contribution in [1.29, 1.82) is 0 Å². The summed E-state index contributed by atoms with van der Waals surface area (Å²) in [5.74, 6) is 1.26. The van der Waals surface area contributed by atoms with Gasteiger partial charge in [0, 0.05) is 13.1 Å². The lowest BCUT2D eigenvalue weighted by molar-refractivity contribution is 0.595. The van der Waals surface area contributed by atoms with E-state index in [-0.39, 0.29) is 5.75 Å². The number of primary sulfonamides is 1. The molecule has 0 amide bonds. The van der Waals surface area contributed by atoms with Crippen LogP contribution in [0.3, 0.4) is 0 Å². The summed E-state index contributed by atoms with van der Waals surface area (Å²) in [6.07, 6.45) is 1.86. The molecule has 1 heterocycles. The normalized spacial score (nSPS) is 11.3. The van der Waals surface area contributed by atoms with Crippen LogP contribution in [0.1, 0.15) is 13.3 Å². The number of sulfonamides is 1. The zero-order valence-corrected chi connectivity index (χ0v) is 12.4. The lowest BCUT2D eigenvalue weighted by atomic mass is 10.4. The maximum absolute atomic E-state index is 10.8. The van der Waals surface area contributed by atoms with Gasteiger partial charge in [0.1, 0.15) is 22.4 Å². The molecule has 0 atom stereocenters. The second-order valence-electron chi connectivity index (χ2n) is 3.56. The van der Waals surface area contributed by atoms with E-state index in [1.54, 1.807) is 0 Å². The Balaban J connectivity index is 2.55. The van der Waals surface area contributed by atoms with Crippen molar-refractivity contribution in [1.82, 2.24) is 9.97 Å². The molecule has 0 saturated carbocycles. The molecule has 0 unspecified atom stereocenters. The fourth-order valence-electron chi connectivity index (χ4n) is 1.26. The monoisotopic (exact) mass is 337 g/mol. The van der Waals surface area contributed by atoms with E-state index in [2.05, 4.69) is 36.5 Å². The van der Waals surface area contributed by atoms with E-state index < -0.39 is 10.0 Å². The maximum atomic E-state index is 10.8. The zero-order valence-electron chi connectivity index (χ0n) is 9.98. The molecule has 0 radical (unpaired) electrons. The molecule has 0 spiro atoms. The first kappa shape index (κ1) is 15.1. The minimum Gasteiger partial charge on any atom is -0.369 e. The first-order valence-corrected chi connectivity index (χ1v) is 7.93. The van der Waals surface area contributed by atoms with Crippen LogP contribution in [0, 0.1) is 0 Å². The molecule has 0 aliphatic heterocycles. The average Bonchev–Trinajstić information content (AvgIpc) is 2.28. The van der Waals surface area contributed by atoms with E-state index in [1.807, 2.05) is 6.92 Å². The van der Waals surface area contributed by atoms with Gasteiger partial charge >= 0.3 is 0 Å². The first-order valence-electron chi connectivity index (χ1n) is 5.42. The topological polar surface area (TPSA) is 110 Å². The lowest BCUT2D eigenvalue weighted by Gasteiger charge is -2.10. The van der Waals surface area contributed by atoms with Crippen LogP contribution in [0.2, 0.25) is 0 Å². The van der Waals surface area contributed by atoms with Crippen molar-refractivity contribution in [3.8, 4) is 0 Å². The van der Waals surface area contributed by atoms with E-state index in [0.29, 0.717) is 24.6 Å². The Bertz CT molecular complexity index is 494. The Morgan fingerprint density at radius 2 is 1.94 bits per heavy atom.